The van der Waals surface area contributed by atoms with Crippen molar-refractivity contribution in [3.63, 3.8) is 0 Å². The molecule has 0 aromatic carbocycles. The molecule has 10 nitrogen and oxygen atoms in total. The molecule has 0 atom stereocenters. The van der Waals surface area contributed by atoms with Gasteiger partial charge in [-0.15, -0.1) is 0 Å². The fraction of sp³-hybridized carbons (Fsp3) is 0.600. The molecule has 0 bridgehead atoms. The molecule has 0 unspecified atom stereocenters. The van der Waals surface area contributed by atoms with Crippen molar-refractivity contribution in [3.05, 3.63) is 0 Å². The summed E-state index contributed by atoms with van der Waals surface area (Å²) in [7, 11) is 0. The molecule has 11 heteroatoms. The van der Waals surface area contributed by atoms with Crippen molar-refractivity contribution in [1.29, 1.82) is 0 Å². The van der Waals surface area contributed by atoms with Crippen LogP contribution in [0.15, 0.2) is 0 Å². The van der Waals surface area contributed by atoms with Gasteiger partial charge < -0.3 is 39.6 Å². The van der Waals surface area contributed by atoms with Gasteiger partial charge in [-0.2, -0.15) is 0 Å². The number of hydrogen-bond acceptors (Lipinski definition) is 10. The first-order valence-corrected chi connectivity index (χ1v) is 5.44. The number of rotatable bonds is 11. The Bertz CT molecular complexity index is 327. The van der Waals surface area contributed by atoms with Crippen LogP contribution in [0.1, 0.15) is 1.43 Å². The quantitative estimate of drug-likeness (QED) is 0.301. The Morgan fingerprint density at radius 2 is 0.810 bits per heavy atom. The van der Waals surface area contributed by atoms with Gasteiger partial charge in [0.05, 0.1) is 23.9 Å². The van der Waals surface area contributed by atoms with Crippen LogP contribution in [-0.2, 0) is 19.2 Å². The Kier molecular flexibility index (Phi) is 12.6. The summed E-state index contributed by atoms with van der Waals surface area (Å²) in [5, 5.41) is 41.6. The Morgan fingerprint density at radius 1 is 0.619 bits per heavy atom. The first-order valence-electron chi connectivity index (χ1n) is 5.44. The first-order chi connectivity index (χ1) is 9.20. The molecular weight excluding hydrogens is 426 g/mol. The predicted octanol–water partition coefficient (Wildman–Crippen LogP) is -7.30. The van der Waals surface area contributed by atoms with Crippen LogP contribution in [0.25, 0.3) is 0 Å². The SMILES string of the molecule is O=C([O-])CN(CCN(CC(=O)[O-])CC(=O)[O-])CC(=O)[O-].[H+].[Sm+3]. The van der Waals surface area contributed by atoms with Crippen LogP contribution in [0.5, 0.6) is 0 Å². The summed E-state index contributed by atoms with van der Waals surface area (Å²) in [6.07, 6.45) is 0. The molecule has 0 amide bonds. The second kappa shape index (κ2) is 11.8. The van der Waals surface area contributed by atoms with E-state index in [2.05, 4.69) is 0 Å². The van der Waals surface area contributed by atoms with Crippen LogP contribution >= 0.6 is 0 Å². The van der Waals surface area contributed by atoms with E-state index in [1.807, 2.05) is 0 Å². The molecule has 0 saturated carbocycles. The fourth-order valence-corrected chi connectivity index (χ4v) is 1.44. The van der Waals surface area contributed by atoms with E-state index in [0.717, 1.165) is 9.80 Å². The second-order valence-corrected chi connectivity index (χ2v) is 3.91. The van der Waals surface area contributed by atoms with Crippen molar-refractivity contribution < 1.29 is 81.4 Å². The summed E-state index contributed by atoms with van der Waals surface area (Å²) in [5.41, 5.74) is 0. The molecule has 0 N–H and O–H groups in total. The Balaban J connectivity index is -0.00000180. The Labute approximate surface area is 153 Å². The molecule has 0 fully saturated rings. The maximum atomic E-state index is 10.4. The monoisotopic (exact) mass is 441 g/mol. The molecule has 0 aliphatic heterocycles. The number of carboxylic acid groups (broad SMARTS) is 4. The molecule has 1 radical (unpaired) electrons. The van der Waals surface area contributed by atoms with Gasteiger partial charge in [-0.05, 0) is 0 Å². The van der Waals surface area contributed by atoms with Gasteiger partial charge >= 0.3 is 41.8 Å². The van der Waals surface area contributed by atoms with E-state index < -0.39 is 50.1 Å². The van der Waals surface area contributed by atoms with E-state index >= 15 is 0 Å². The third-order valence-electron chi connectivity index (χ3n) is 2.14. The van der Waals surface area contributed by atoms with Crippen LogP contribution < -0.4 is 20.4 Å². The van der Waals surface area contributed by atoms with Gasteiger partial charge in [0.1, 0.15) is 0 Å². The summed E-state index contributed by atoms with van der Waals surface area (Å²) < 4.78 is 0. The van der Waals surface area contributed by atoms with Gasteiger partial charge in [0, 0.05) is 39.3 Å². The van der Waals surface area contributed by atoms with Crippen LogP contribution in [0.3, 0.4) is 0 Å². The average Bonchev–Trinajstić information content (AvgIpc) is 2.22. The van der Waals surface area contributed by atoms with Crippen LogP contribution in [0.2, 0.25) is 0 Å². The van der Waals surface area contributed by atoms with Crippen molar-refractivity contribution >= 4 is 23.9 Å². The van der Waals surface area contributed by atoms with Gasteiger partial charge in [-0.3, -0.25) is 9.80 Å². The van der Waals surface area contributed by atoms with Gasteiger partial charge in [0.15, 0.2) is 0 Å². The third kappa shape index (κ3) is 13.9. The van der Waals surface area contributed by atoms with E-state index in [-0.39, 0.29) is 54.9 Å². The van der Waals surface area contributed by atoms with Gasteiger partial charge in [-0.25, -0.2) is 0 Å². The van der Waals surface area contributed by atoms with Gasteiger partial charge in [0.2, 0.25) is 0 Å². The zero-order valence-electron chi connectivity index (χ0n) is 11.8. The maximum Gasteiger partial charge on any atom is 3.00 e. The number of carbonyl (C=O) groups excluding carboxylic acids is 4. The minimum Gasteiger partial charge on any atom is -0.549 e. The number of hydrogen-bond donors (Lipinski definition) is 0. The molecule has 0 aliphatic carbocycles. The number of carboxylic acids is 4. The minimum absolute atomic E-state index is 0. The van der Waals surface area contributed by atoms with Crippen molar-refractivity contribution in [2.24, 2.45) is 0 Å². The first kappa shape index (κ1) is 22.4. The van der Waals surface area contributed by atoms with Crippen molar-refractivity contribution in [2.75, 3.05) is 39.3 Å². The smallest absolute Gasteiger partial charge is 0.549 e. The fourth-order valence-electron chi connectivity index (χ4n) is 1.44. The predicted molar refractivity (Wildman–Crippen MR) is 54.0 cm³/mol. The molecule has 0 aromatic rings. The molecule has 0 aliphatic rings. The Hall–Kier alpha value is -0.862. The van der Waals surface area contributed by atoms with Gasteiger partial charge in [0.25, 0.3) is 0 Å². The van der Waals surface area contributed by atoms with Crippen LogP contribution in [0.4, 0.5) is 0 Å². The molecule has 21 heavy (non-hydrogen) atoms. The van der Waals surface area contributed by atoms with E-state index in [1.54, 1.807) is 0 Å². The summed E-state index contributed by atoms with van der Waals surface area (Å²) in [5.74, 6) is -6.12. The topological polar surface area (TPSA) is 167 Å². The van der Waals surface area contributed by atoms with Crippen molar-refractivity contribution in [2.45, 2.75) is 0 Å². The summed E-state index contributed by atoms with van der Waals surface area (Å²) in [6.45, 7) is -3.25. The molecule has 0 heterocycles. The zero-order chi connectivity index (χ0) is 15.7. The molecule has 0 saturated heterocycles. The standard InChI is InChI=1S/C10H16N2O8.Sm/c13-7(14)3-11(4-8(15)16)1-2-12(5-9(17)18)6-10(19)20;/h1-6H2,(H,13,14)(H,15,16)(H,17,18)(H,19,20);/q;+3/p-3. The zero-order valence-corrected chi connectivity index (χ0v) is 13.4. The van der Waals surface area contributed by atoms with E-state index in [9.17, 15) is 39.6 Å². The number of nitrogens with zero attached hydrogens (tertiary/aromatic N) is 2. The van der Waals surface area contributed by atoms with Crippen molar-refractivity contribution in [3.8, 4) is 0 Å². The molecule has 0 rings (SSSR count). The molecule has 0 aromatic heterocycles. The summed E-state index contributed by atoms with van der Waals surface area (Å²) in [4.78, 5) is 43.4. The van der Waals surface area contributed by atoms with Gasteiger partial charge in [-0.1, -0.05) is 0 Å². The average molecular weight is 440 g/mol. The largest absolute Gasteiger partial charge is 3.00 e. The van der Waals surface area contributed by atoms with E-state index in [0.29, 0.717) is 0 Å². The van der Waals surface area contributed by atoms with Crippen LogP contribution in [-0.4, -0.2) is 72.9 Å². The third-order valence-corrected chi connectivity index (χ3v) is 2.14. The number of carbonyl (C=O) groups is 4. The Morgan fingerprint density at radius 3 is 0.952 bits per heavy atom. The van der Waals surface area contributed by atoms with E-state index in [4.69, 9.17) is 0 Å². The maximum absolute atomic E-state index is 10.4. The minimum atomic E-state index is -1.53. The van der Waals surface area contributed by atoms with Crippen LogP contribution in [0, 0.1) is 40.4 Å². The number of aliphatic carboxylic acids is 4. The summed E-state index contributed by atoms with van der Waals surface area (Å²) in [6, 6.07) is 0. The molecule has 0 spiro atoms. The molecular formula is C10H13N2O8Sm. The normalized spacial score (nSPS) is 10.2. The van der Waals surface area contributed by atoms with E-state index in [1.165, 1.54) is 0 Å². The van der Waals surface area contributed by atoms with Crippen molar-refractivity contribution in [1.82, 2.24) is 9.80 Å². The summed E-state index contributed by atoms with van der Waals surface area (Å²) >= 11 is 0. The second-order valence-electron chi connectivity index (χ2n) is 3.91. The molecule has 117 valence electrons.